The van der Waals surface area contributed by atoms with Gasteiger partial charge in [-0.1, -0.05) is 28.1 Å². The van der Waals surface area contributed by atoms with Gasteiger partial charge in [-0.2, -0.15) is 0 Å². The fraction of sp³-hybridized carbons (Fsp3) is 0.235. The first-order chi connectivity index (χ1) is 10.0. The molecule has 2 aromatic carbocycles. The number of carbonyl (C=O) groups is 1. The van der Waals surface area contributed by atoms with Gasteiger partial charge in [0.25, 0.3) is 0 Å². The molecule has 1 N–H and O–H groups in total. The minimum atomic E-state index is -0.109. The number of hydrogen-bond donors (Lipinski definition) is 1. The van der Waals surface area contributed by atoms with Crippen molar-refractivity contribution in [3.63, 3.8) is 0 Å². The second-order valence-corrected chi connectivity index (χ2v) is 6.45. The van der Waals surface area contributed by atoms with Crippen molar-refractivity contribution >= 4 is 33.2 Å². The Morgan fingerprint density at radius 1 is 1.14 bits per heavy atom. The van der Waals surface area contributed by atoms with Crippen molar-refractivity contribution in [2.75, 3.05) is 24.3 Å². The highest BCUT2D eigenvalue weighted by atomic mass is 79.9. The summed E-state index contributed by atoms with van der Waals surface area (Å²) in [6, 6.07) is 14.3. The SMILES string of the molecule is CN(C)c1ccc(C[C@@H]2C(=O)Nc3ccc(Br)cc32)cc1. The van der Waals surface area contributed by atoms with E-state index in [2.05, 4.69) is 50.4 Å². The van der Waals surface area contributed by atoms with Crippen LogP contribution in [0.15, 0.2) is 46.9 Å². The van der Waals surface area contributed by atoms with E-state index in [1.54, 1.807) is 0 Å². The van der Waals surface area contributed by atoms with Crippen molar-refractivity contribution < 1.29 is 4.79 Å². The average molecular weight is 345 g/mol. The number of hydrogen-bond acceptors (Lipinski definition) is 2. The normalized spacial score (nSPS) is 16.5. The molecule has 0 bridgehead atoms. The van der Waals surface area contributed by atoms with Crippen LogP contribution in [0.3, 0.4) is 0 Å². The molecule has 0 aromatic heterocycles. The molecule has 0 fully saturated rings. The van der Waals surface area contributed by atoms with E-state index in [1.807, 2.05) is 32.3 Å². The maximum atomic E-state index is 12.2. The van der Waals surface area contributed by atoms with E-state index in [0.29, 0.717) is 0 Å². The van der Waals surface area contributed by atoms with Crippen LogP contribution in [0.2, 0.25) is 0 Å². The predicted molar refractivity (Wildman–Crippen MR) is 90.0 cm³/mol. The minimum Gasteiger partial charge on any atom is -0.378 e. The van der Waals surface area contributed by atoms with Crippen LogP contribution in [-0.4, -0.2) is 20.0 Å². The van der Waals surface area contributed by atoms with Crippen LogP contribution in [0.5, 0.6) is 0 Å². The highest BCUT2D eigenvalue weighted by Crippen LogP contribution is 2.36. The number of rotatable bonds is 3. The molecule has 3 nitrogen and oxygen atoms in total. The standard InChI is InChI=1S/C17H17BrN2O/c1-20(2)13-6-3-11(4-7-13)9-15-14-10-12(18)5-8-16(14)19-17(15)21/h3-8,10,15H,9H2,1-2H3,(H,19,21)/t15-/m0/s1. The van der Waals surface area contributed by atoms with E-state index in [1.165, 1.54) is 5.56 Å². The molecule has 0 saturated heterocycles. The van der Waals surface area contributed by atoms with Gasteiger partial charge < -0.3 is 10.2 Å². The zero-order valence-electron chi connectivity index (χ0n) is 12.1. The monoisotopic (exact) mass is 344 g/mol. The molecule has 1 aliphatic rings. The van der Waals surface area contributed by atoms with Crippen LogP contribution in [-0.2, 0) is 11.2 Å². The van der Waals surface area contributed by atoms with Crippen molar-refractivity contribution in [1.29, 1.82) is 0 Å². The fourth-order valence-electron chi connectivity index (χ4n) is 2.67. The molecule has 0 spiro atoms. The number of carbonyl (C=O) groups excluding carboxylic acids is 1. The Morgan fingerprint density at radius 2 is 1.86 bits per heavy atom. The average Bonchev–Trinajstić information content (AvgIpc) is 2.76. The molecular formula is C17H17BrN2O. The lowest BCUT2D eigenvalue weighted by atomic mass is 9.93. The third-order valence-corrected chi connectivity index (χ3v) is 4.35. The number of anilines is 2. The smallest absolute Gasteiger partial charge is 0.232 e. The first-order valence-electron chi connectivity index (χ1n) is 6.91. The highest BCUT2D eigenvalue weighted by Gasteiger charge is 2.30. The molecule has 4 heteroatoms. The summed E-state index contributed by atoms with van der Waals surface area (Å²) in [5.41, 5.74) is 4.34. The molecule has 3 rings (SSSR count). The highest BCUT2D eigenvalue weighted by molar-refractivity contribution is 9.10. The second-order valence-electron chi connectivity index (χ2n) is 5.54. The summed E-state index contributed by atoms with van der Waals surface area (Å²) < 4.78 is 1.01. The first kappa shape index (κ1) is 14.1. The van der Waals surface area contributed by atoms with Crippen LogP contribution in [0.1, 0.15) is 17.0 Å². The topological polar surface area (TPSA) is 32.3 Å². The van der Waals surface area contributed by atoms with Crippen LogP contribution in [0, 0.1) is 0 Å². The van der Waals surface area contributed by atoms with E-state index in [4.69, 9.17) is 0 Å². The Bertz CT molecular complexity index is 680. The van der Waals surface area contributed by atoms with E-state index < -0.39 is 0 Å². The van der Waals surface area contributed by atoms with Gasteiger partial charge in [-0.05, 0) is 47.9 Å². The summed E-state index contributed by atoms with van der Waals surface area (Å²) in [5.74, 6) is -0.0255. The fourth-order valence-corrected chi connectivity index (χ4v) is 3.04. The van der Waals surface area contributed by atoms with Gasteiger partial charge in [0.1, 0.15) is 0 Å². The quantitative estimate of drug-likeness (QED) is 0.918. The lowest BCUT2D eigenvalue weighted by Gasteiger charge is -2.14. The van der Waals surface area contributed by atoms with Crippen molar-refractivity contribution in [2.24, 2.45) is 0 Å². The molecule has 21 heavy (non-hydrogen) atoms. The summed E-state index contributed by atoms with van der Waals surface area (Å²) in [5, 5.41) is 2.96. The van der Waals surface area contributed by atoms with Crippen molar-refractivity contribution in [1.82, 2.24) is 0 Å². The third kappa shape index (κ3) is 2.81. The third-order valence-electron chi connectivity index (χ3n) is 3.86. The van der Waals surface area contributed by atoms with Crippen LogP contribution < -0.4 is 10.2 Å². The van der Waals surface area contributed by atoms with E-state index in [0.717, 1.165) is 27.8 Å². The number of benzene rings is 2. The lowest BCUT2D eigenvalue weighted by molar-refractivity contribution is -0.117. The molecule has 0 unspecified atom stereocenters. The molecule has 1 heterocycles. The number of fused-ring (bicyclic) bond motifs is 1. The molecule has 1 atom stereocenters. The zero-order valence-corrected chi connectivity index (χ0v) is 13.6. The molecule has 1 amide bonds. The molecule has 2 aromatic rings. The van der Waals surface area contributed by atoms with Crippen molar-refractivity contribution in [3.8, 4) is 0 Å². The number of nitrogens with zero attached hydrogens (tertiary/aromatic N) is 1. The van der Waals surface area contributed by atoms with Gasteiger partial charge in [-0.3, -0.25) is 4.79 Å². The summed E-state index contributed by atoms with van der Waals surface area (Å²) in [7, 11) is 4.04. The number of nitrogens with one attached hydrogen (secondary N) is 1. The van der Waals surface area contributed by atoms with E-state index in [9.17, 15) is 4.79 Å². The Balaban J connectivity index is 1.85. The summed E-state index contributed by atoms with van der Waals surface area (Å²) in [6.45, 7) is 0. The van der Waals surface area contributed by atoms with Gasteiger partial charge in [0.15, 0.2) is 0 Å². The Morgan fingerprint density at radius 3 is 2.52 bits per heavy atom. The van der Waals surface area contributed by atoms with Gasteiger partial charge in [0.05, 0.1) is 5.92 Å². The molecule has 0 aliphatic carbocycles. The van der Waals surface area contributed by atoms with Crippen LogP contribution in [0.25, 0.3) is 0 Å². The first-order valence-corrected chi connectivity index (χ1v) is 7.70. The molecule has 108 valence electrons. The number of halogens is 1. The van der Waals surface area contributed by atoms with Crippen molar-refractivity contribution in [3.05, 3.63) is 58.1 Å². The zero-order chi connectivity index (χ0) is 15.0. The largest absolute Gasteiger partial charge is 0.378 e. The molecule has 0 radical (unpaired) electrons. The van der Waals surface area contributed by atoms with E-state index >= 15 is 0 Å². The van der Waals surface area contributed by atoms with Crippen LogP contribution >= 0.6 is 15.9 Å². The van der Waals surface area contributed by atoms with Gasteiger partial charge in [0.2, 0.25) is 5.91 Å². The summed E-state index contributed by atoms with van der Waals surface area (Å²) >= 11 is 3.48. The molecule has 0 saturated carbocycles. The minimum absolute atomic E-state index is 0.0831. The number of amides is 1. The van der Waals surface area contributed by atoms with E-state index in [-0.39, 0.29) is 11.8 Å². The Labute approximate surface area is 133 Å². The predicted octanol–water partition coefficient (Wildman–Crippen LogP) is 3.79. The van der Waals surface area contributed by atoms with Gasteiger partial charge >= 0.3 is 0 Å². The summed E-state index contributed by atoms with van der Waals surface area (Å²) in [6.07, 6.45) is 0.725. The Kier molecular flexibility index (Phi) is 3.72. The lowest BCUT2D eigenvalue weighted by Crippen LogP contribution is -2.14. The second kappa shape index (κ2) is 5.53. The van der Waals surface area contributed by atoms with Crippen molar-refractivity contribution in [2.45, 2.75) is 12.3 Å². The maximum Gasteiger partial charge on any atom is 0.232 e. The molecular weight excluding hydrogens is 328 g/mol. The molecule has 1 aliphatic heterocycles. The van der Waals surface area contributed by atoms with Crippen LogP contribution in [0.4, 0.5) is 11.4 Å². The van der Waals surface area contributed by atoms with Gasteiger partial charge in [-0.25, -0.2) is 0 Å². The Hall–Kier alpha value is -1.81. The summed E-state index contributed by atoms with van der Waals surface area (Å²) in [4.78, 5) is 14.3. The van der Waals surface area contributed by atoms with Gasteiger partial charge in [0, 0.05) is 29.9 Å². The maximum absolute atomic E-state index is 12.2. The van der Waals surface area contributed by atoms with Gasteiger partial charge in [-0.15, -0.1) is 0 Å².